The normalized spacial score (nSPS) is 11.1. The first-order chi connectivity index (χ1) is 15.7. The highest BCUT2D eigenvalue weighted by Gasteiger charge is 2.19. The van der Waals surface area contributed by atoms with Gasteiger partial charge in [-0.2, -0.15) is 10.4 Å². The molecule has 33 heavy (non-hydrogen) atoms. The van der Waals surface area contributed by atoms with Crippen molar-refractivity contribution in [3.05, 3.63) is 54.5 Å². The zero-order chi connectivity index (χ0) is 24.0. The molecular formula is C24H28N6O3. The van der Waals surface area contributed by atoms with Crippen LogP contribution in [0.25, 0.3) is 16.6 Å². The van der Waals surface area contributed by atoms with E-state index < -0.39 is 5.60 Å². The van der Waals surface area contributed by atoms with Gasteiger partial charge in [-0.15, -0.1) is 0 Å². The van der Waals surface area contributed by atoms with Crippen molar-refractivity contribution in [2.75, 3.05) is 32.1 Å². The van der Waals surface area contributed by atoms with Gasteiger partial charge in [-0.3, -0.25) is 4.79 Å². The van der Waals surface area contributed by atoms with Gasteiger partial charge in [-0.25, -0.2) is 9.50 Å². The number of amides is 1. The molecular weight excluding hydrogens is 420 g/mol. The summed E-state index contributed by atoms with van der Waals surface area (Å²) in [5.41, 5.74) is 2.76. The van der Waals surface area contributed by atoms with E-state index in [0.29, 0.717) is 47.9 Å². The Balaban J connectivity index is 1.81. The Hall–Kier alpha value is -3.90. The van der Waals surface area contributed by atoms with E-state index in [1.54, 1.807) is 30.9 Å². The Morgan fingerprint density at radius 1 is 1.30 bits per heavy atom. The maximum atomic E-state index is 11.5. The van der Waals surface area contributed by atoms with Crippen LogP contribution in [0.5, 0.6) is 5.75 Å². The average Bonchev–Trinajstić information content (AvgIpc) is 3.23. The highest BCUT2D eigenvalue weighted by Crippen LogP contribution is 2.31. The van der Waals surface area contributed by atoms with Crippen LogP contribution in [-0.4, -0.2) is 52.9 Å². The Labute approximate surface area is 193 Å². The molecule has 0 saturated carbocycles. The maximum Gasteiger partial charge on any atom is 0.246 e. The Morgan fingerprint density at radius 3 is 2.73 bits per heavy atom. The van der Waals surface area contributed by atoms with Crippen LogP contribution >= 0.6 is 0 Å². The summed E-state index contributed by atoms with van der Waals surface area (Å²) in [5.74, 6) is 1.10. The zero-order valence-electron chi connectivity index (χ0n) is 19.3. The molecule has 0 saturated heterocycles. The first-order valence-electron chi connectivity index (χ1n) is 10.5. The number of nitriles is 1. The topological polar surface area (TPSA) is 114 Å². The molecule has 0 aliphatic carbocycles. The van der Waals surface area contributed by atoms with E-state index in [1.807, 2.05) is 32.0 Å². The van der Waals surface area contributed by atoms with Crippen molar-refractivity contribution in [1.82, 2.24) is 19.9 Å². The van der Waals surface area contributed by atoms with Crippen molar-refractivity contribution < 1.29 is 14.3 Å². The van der Waals surface area contributed by atoms with E-state index in [1.165, 1.54) is 6.20 Å². The smallest absolute Gasteiger partial charge is 0.246 e. The maximum absolute atomic E-state index is 11.5. The number of methoxy groups -OCH3 is 1. The lowest BCUT2D eigenvalue weighted by atomic mass is 10.1. The van der Waals surface area contributed by atoms with E-state index in [0.717, 1.165) is 11.1 Å². The molecule has 0 radical (unpaired) electrons. The molecule has 9 nitrogen and oxygen atoms in total. The number of anilines is 1. The van der Waals surface area contributed by atoms with Gasteiger partial charge in [0.05, 0.1) is 29.1 Å². The van der Waals surface area contributed by atoms with Gasteiger partial charge in [0.2, 0.25) is 5.91 Å². The van der Waals surface area contributed by atoms with Gasteiger partial charge in [0.1, 0.15) is 24.2 Å². The quantitative estimate of drug-likeness (QED) is 0.362. The number of nitrogens with one attached hydrogen (secondary N) is 2. The predicted octanol–water partition coefficient (Wildman–Crippen LogP) is 3.18. The van der Waals surface area contributed by atoms with Crippen LogP contribution in [0.3, 0.4) is 0 Å². The van der Waals surface area contributed by atoms with Crippen LogP contribution in [0.15, 0.2) is 48.9 Å². The third kappa shape index (κ3) is 5.87. The fourth-order valence-electron chi connectivity index (χ4n) is 2.97. The number of nitrogens with zero attached hydrogens (tertiary/aromatic N) is 4. The number of hydrogen-bond donors (Lipinski definition) is 2. The van der Waals surface area contributed by atoms with Crippen molar-refractivity contribution in [1.29, 1.82) is 5.26 Å². The minimum Gasteiger partial charge on any atom is -0.489 e. The number of fused-ring (bicyclic) bond motifs is 1. The van der Waals surface area contributed by atoms with Gasteiger partial charge >= 0.3 is 0 Å². The molecule has 0 spiro atoms. The number of carbonyl (C=O) groups is 1. The van der Waals surface area contributed by atoms with Crippen LogP contribution in [0, 0.1) is 11.3 Å². The van der Waals surface area contributed by atoms with Gasteiger partial charge in [0.25, 0.3) is 0 Å². The number of ether oxygens (including phenoxy) is 2. The van der Waals surface area contributed by atoms with Crippen LogP contribution in [0.4, 0.5) is 5.82 Å². The molecule has 0 aliphatic rings. The fraction of sp³-hybridized carbons (Fsp3) is 0.333. The fourth-order valence-corrected chi connectivity index (χ4v) is 2.97. The molecule has 3 aromatic heterocycles. The molecule has 9 heteroatoms. The average molecular weight is 449 g/mol. The molecule has 0 aliphatic heterocycles. The van der Waals surface area contributed by atoms with Crippen molar-refractivity contribution in [2.24, 2.45) is 0 Å². The number of pyridine rings is 2. The molecule has 0 aromatic carbocycles. The molecule has 0 unspecified atom stereocenters. The van der Waals surface area contributed by atoms with E-state index >= 15 is 0 Å². The van der Waals surface area contributed by atoms with Crippen molar-refractivity contribution >= 4 is 17.2 Å². The van der Waals surface area contributed by atoms with Crippen LogP contribution in [0.2, 0.25) is 0 Å². The van der Waals surface area contributed by atoms with Crippen LogP contribution in [0.1, 0.15) is 26.3 Å². The lowest BCUT2D eigenvalue weighted by Crippen LogP contribution is -2.30. The van der Waals surface area contributed by atoms with E-state index in [-0.39, 0.29) is 5.91 Å². The lowest BCUT2D eigenvalue weighted by molar-refractivity contribution is -0.117. The highest BCUT2D eigenvalue weighted by molar-refractivity contribution is 5.92. The predicted molar refractivity (Wildman–Crippen MR) is 126 cm³/mol. The van der Waals surface area contributed by atoms with E-state index in [9.17, 15) is 10.1 Å². The number of carbonyl (C=O) groups excluding carboxylic acids is 1. The summed E-state index contributed by atoms with van der Waals surface area (Å²) in [6, 6.07) is 7.82. The largest absolute Gasteiger partial charge is 0.489 e. The Kier molecular flexibility index (Phi) is 7.30. The summed E-state index contributed by atoms with van der Waals surface area (Å²) in [6.07, 6.45) is 5.00. The zero-order valence-corrected chi connectivity index (χ0v) is 19.3. The van der Waals surface area contributed by atoms with Crippen LogP contribution in [-0.2, 0) is 9.53 Å². The number of hydrogen-bond acceptors (Lipinski definition) is 7. The second-order valence-corrected chi connectivity index (χ2v) is 8.20. The van der Waals surface area contributed by atoms with E-state index in [2.05, 4.69) is 33.4 Å². The van der Waals surface area contributed by atoms with E-state index in [4.69, 9.17) is 9.47 Å². The van der Waals surface area contributed by atoms with Gasteiger partial charge in [0.15, 0.2) is 0 Å². The summed E-state index contributed by atoms with van der Waals surface area (Å²) in [4.78, 5) is 16.0. The molecule has 3 rings (SSSR count). The molecule has 3 heterocycles. The first-order valence-corrected chi connectivity index (χ1v) is 10.5. The Morgan fingerprint density at radius 2 is 2.09 bits per heavy atom. The molecule has 2 N–H and O–H groups in total. The summed E-state index contributed by atoms with van der Waals surface area (Å²) in [7, 11) is 1.64. The van der Waals surface area contributed by atoms with Gasteiger partial charge in [-0.1, -0.05) is 6.58 Å². The summed E-state index contributed by atoms with van der Waals surface area (Å²) >= 11 is 0. The molecule has 0 fully saturated rings. The minimum absolute atomic E-state index is 0.172. The molecule has 3 aromatic rings. The highest BCUT2D eigenvalue weighted by atomic mass is 16.5. The second kappa shape index (κ2) is 10.1. The number of aromatic nitrogens is 3. The van der Waals surface area contributed by atoms with Crippen molar-refractivity contribution in [3.8, 4) is 22.9 Å². The third-order valence-corrected chi connectivity index (χ3v) is 5.02. The second-order valence-electron chi connectivity index (χ2n) is 8.20. The number of rotatable bonds is 10. The summed E-state index contributed by atoms with van der Waals surface area (Å²) in [5, 5.41) is 19.8. The SMILES string of the molecule is C=C(C)C(=O)NCCNc1ccc(-c2cc(OCC(C)(C)OC)cn3ncc(C#N)c23)cn1. The van der Waals surface area contributed by atoms with Gasteiger partial charge < -0.3 is 20.1 Å². The lowest BCUT2D eigenvalue weighted by Gasteiger charge is -2.23. The molecule has 172 valence electrons. The third-order valence-electron chi connectivity index (χ3n) is 5.02. The van der Waals surface area contributed by atoms with Crippen molar-refractivity contribution in [2.45, 2.75) is 26.4 Å². The van der Waals surface area contributed by atoms with Gasteiger partial charge in [-0.05, 0) is 39.0 Å². The first kappa shape index (κ1) is 23.8. The van der Waals surface area contributed by atoms with Crippen LogP contribution < -0.4 is 15.4 Å². The standard InChI is InChI=1S/C24H28N6O3/c1-16(2)23(31)27-9-8-26-21-7-6-17(12-28-21)20-10-19(33-15-24(3,4)32-5)14-30-22(20)18(11-25)13-29-30/h6-7,10,12-14H,1,8-9,15H2,2-5H3,(H,26,28)(H,27,31). The summed E-state index contributed by atoms with van der Waals surface area (Å²) in [6.45, 7) is 10.5. The summed E-state index contributed by atoms with van der Waals surface area (Å²) < 4.78 is 13.0. The molecule has 0 atom stereocenters. The van der Waals surface area contributed by atoms with Gasteiger partial charge in [0, 0.05) is 43.1 Å². The monoisotopic (exact) mass is 448 g/mol. The molecule has 0 bridgehead atoms. The Bertz CT molecular complexity index is 1190. The van der Waals surface area contributed by atoms with Crippen molar-refractivity contribution in [3.63, 3.8) is 0 Å². The minimum atomic E-state index is -0.449. The molecule has 1 amide bonds.